The van der Waals surface area contributed by atoms with E-state index in [0.717, 1.165) is 17.9 Å². The molecule has 1 unspecified atom stereocenters. The summed E-state index contributed by atoms with van der Waals surface area (Å²) in [6.07, 6.45) is 4.66. The van der Waals surface area contributed by atoms with E-state index < -0.39 is 0 Å². The monoisotopic (exact) mass is 256 g/mol. The predicted molar refractivity (Wildman–Crippen MR) is 78.6 cm³/mol. The largest absolute Gasteiger partial charge is 0.496 e. The summed E-state index contributed by atoms with van der Waals surface area (Å²) in [4.78, 5) is 4.18. The third-order valence-electron chi connectivity index (χ3n) is 3.29. The Balaban J connectivity index is 2.28. The summed E-state index contributed by atoms with van der Waals surface area (Å²) in [5.74, 6) is 0.920. The van der Waals surface area contributed by atoms with Gasteiger partial charge >= 0.3 is 0 Å². The number of hydrogen-bond acceptors (Lipinski definition) is 3. The molecule has 0 bridgehead atoms. The van der Waals surface area contributed by atoms with Crippen LogP contribution in [0, 0.1) is 6.92 Å². The van der Waals surface area contributed by atoms with E-state index in [1.807, 2.05) is 36.7 Å². The number of nitrogens with one attached hydrogen (secondary N) is 1. The van der Waals surface area contributed by atoms with Crippen molar-refractivity contribution in [2.24, 2.45) is 0 Å². The molecule has 0 aliphatic rings. The van der Waals surface area contributed by atoms with Crippen LogP contribution in [0.3, 0.4) is 0 Å². The van der Waals surface area contributed by atoms with Gasteiger partial charge in [-0.3, -0.25) is 4.98 Å². The van der Waals surface area contributed by atoms with Crippen molar-refractivity contribution in [3.05, 3.63) is 53.9 Å². The lowest BCUT2D eigenvalue weighted by Crippen LogP contribution is -2.12. The predicted octanol–water partition coefficient (Wildman–Crippen LogP) is 3.96. The average Bonchev–Trinajstić information content (AvgIpc) is 2.46. The highest BCUT2D eigenvalue weighted by atomic mass is 16.5. The first-order valence-electron chi connectivity index (χ1n) is 6.56. The number of nitrogens with zero attached hydrogens (tertiary/aromatic N) is 1. The number of anilines is 1. The molecule has 100 valence electrons. The van der Waals surface area contributed by atoms with Crippen LogP contribution in [0.15, 0.2) is 42.7 Å². The zero-order valence-electron chi connectivity index (χ0n) is 11.7. The van der Waals surface area contributed by atoms with Gasteiger partial charge in [0, 0.05) is 11.8 Å². The van der Waals surface area contributed by atoms with Gasteiger partial charge in [0.1, 0.15) is 5.75 Å². The molecule has 0 spiro atoms. The van der Waals surface area contributed by atoms with Gasteiger partial charge in [0.15, 0.2) is 0 Å². The Bertz CT molecular complexity index is 540. The number of methoxy groups -OCH3 is 1. The number of rotatable bonds is 5. The fraction of sp³-hybridized carbons (Fsp3) is 0.312. The van der Waals surface area contributed by atoms with E-state index in [2.05, 4.69) is 30.2 Å². The Morgan fingerprint density at radius 3 is 2.74 bits per heavy atom. The van der Waals surface area contributed by atoms with E-state index in [1.54, 1.807) is 7.11 Å². The van der Waals surface area contributed by atoms with E-state index in [-0.39, 0.29) is 6.04 Å². The van der Waals surface area contributed by atoms with Crippen LogP contribution in [-0.4, -0.2) is 12.1 Å². The molecule has 1 aromatic carbocycles. The van der Waals surface area contributed by atoms with Crippen LogP contribution in [0.4, 0.5) is 5.69 Å². The lowest BCUT2D eigenvalue weighted by atomic mass is 10.0. The van der Waals surface area contributed by atoms with Gasteiger partial charge in [0.25, 0.3) is 0 Å². The van der Waals surface area contributed by atoms with Crippen molar-refractivity contribution in [1.82, 2.24) is 4.98 Å². The van der Waals surface area contributed by atoms with E-state index >= 15 is 0 Å². The molecule has 0 aliphatic heterocycles. The third kappa shape index (κ3) is 3.05. The van der Waals surface area contributed by atoms with Crippen LogP contribution in [0.5, 0.6) is 5.75 Å². The molecule has 0 radical (unpaired) electrons. The van der Waals surface area contributed by atoms with Gasteiger partial charge in [0.2, 0.25) is 0 Å². The van der Waals surface area contributed by atoms with E-state index in [0.29, 0.717) is 0 Å². The van der Waals surface area contributed by atoms with Crippen LogP contribution in [0.2, 0.25) is 0 Å². The van der Waals surface area contributed by atoms with Crippen LogP contribution >= 0.6 is 0 Å². The number of hydrogen-bond donors (Lipinski definition) is 1. The van der Waals surface area contributed by atoms with Gasteiger partial charge in [-0.2, -0.15) is 0 Å². The second-order valence-electron chi connectivity index (χ2n) is 4.54. The minimum atomic E-state index is 0.221. The van der Waals surface area contributed by atoms with Gasteiger partial charge in [-0.1, -0.05) is 25.1 Å². The maximum Gasteiger partial charge on any atom is 0.124 e. The molecule has 0 amide bonds. The molecule has 1 N–H and O–H groups in total. The molecule has 2 aromatic rings. The molecule has 19 heavy (non-hydrogen) atoms. The summed E-state index contributed by atoms with van der Waals surface area (Å²) in [7, 11) is 1.71. The topological polar surface area (TPSA) is 34.2 Å². The molecule has 1 aromatic heterocycles. The smallest absolute Gasteiger partial charge is 0.124 e. The number of para-hydroxylation sites is 1. The highest BCUT2D eigenvalue weighted by Crippen LogP contribution is 2.30. The van der Waals surface area contributed by atoms with Crippen LogP contribution in [0.1, 0.15) is 30.5 Å². The number of aryl methyl sites for hydroxylation is 1. The maximum atomic E-state index is 5.44. The molecule has 0 aliphatic carbocycles. The first-order chi connectivity index (χ1) is 9.26. The second-order valence-corrected chi connectivity index (χ2v) is 4.54. The minimum absolute atomic E-state index is 0.221. The summed E-state index contributed by atoms with van der Waals surface area (Å²) in [6.45, 7) is 4.24. The maximum absolute atomic E-state index is 5.44. The van der Waals surface area contributed by atoms with Gasteiger partial charge in [-0.25, -0.2) is 0 Å². The van der Waals surface area contributed by atoms with Gasteiger partial charge in [-0.05, 0) is 31.0 Å². The van der Waals surface area contributed by atoms with Crippen molar-refractivity contribution in [2.45, 2.75) is 26.3 Å². The van der Waals surface area contributed by atoms with Gasteiger partial charge in [-0.15, -0.1) is 0 Å². The zero-order chi connectivity index (χ0) is 13.7. The first kappa shape index (κ1) is 13.4. The minimum Gasteiger partial charge on any atom is -0.496 e. The third-order valence-corrected chi connectivity index (χ3v) is 3.29. The molecule has 1 heterocycles. The highest BCUT2D eigenvalue weighted by molar-refractivity contribution is 5.51. The van der Waals surface area contributed by atoms with Gasteiger partial charge < -0.3 is 10.1 Å². The lowest BCUT2D eigenvalue weighted by Gasteiger charge is -2.21. The van der Waals surface area contributed by atoms with Gasteiger partial charge in [0.05, 0.1) is 25.0 Å². The Labute approximate surface area is 114 Å². The Morgan fingerprint density at radius 2 is 2.05 bits per heavy atom. The molecule has 0 saturated carbocycles. The molecular formula is C16H20N2O. The SMILES string of the molecule is CCC(Nc1cnccc1C)c1ccccc1OC. The van der Waals surface area contributed by atoms with E-state index in [9.17, 15) is 0 Å². The molecule has 0 fully saturated rings. The molecule has 3 heteroatoms. The summed E-state index contributed by atoms with van der Waals surface area (Å²) in [6, 6.07) is 10.4. The fourth-order valence-corrected chi connectivity index (χ4v) is 2.16. The quantitative estimate of drug-likeness (QED) is 0.879. The highest BCUT2D eigenvalue weighted by Gasteiger charge is 2.14. The summed E-state index contributed by atoms with van der Waals surface area (Å²) < 4.78 is 5.44. The molecular weight excluding hydrogens is 236 g/mol. The van der Waals surface area contributed by atoms with Crippen LogP contribution in [-0.2, 0) is 0 Å². The number of benzene rings is 1. The normalized spacial score (nSPS) is 11.9. The van der Waals surface area contributed by atoms with Crippen molar-refractivity contribution in [2.75, 3.05) is 12.4 Å². The van der Waals surface area contributed by atoms with Crippen molar-refractivity contribution in [3.8, 4) is 5.75 Å². The fourth-order valence-electron chi connectivity index (χ4n) is 2.16. The molecule has 3 nitrogen and oxygen atoms in total. The zero-order valence-corrected chi connectivity index (χ0v) is 11.7. The number of ether oxygens (including phenoxy) is 1. The summed E-state index contributed by atoms with van der Waals surface area (Å²) in [5.41, 5.74) is 3.44. The van der Waals surface area contributed by atoms with Crippen molar-refractivity contribution >= 4 is 5.69 Å². The van der Waals surface area contributed by atoms with Crippen molar-refractivity contribution in [1.29, 1.82) is 0 Å². The van der Waals surface area contributed by atoms with Crippen molar-refractivity contribution in [3.63, 3.8) is 0 Å². The molecule has 1 atom stereocenters. The Morgan fingerprint density at radius 1 is 1.26 bits per heavy atom. The first-order valence-corrected chi connectivity index (χ1v) is 6.56. The Hall–Kier alpha value is -2.03. The number of aromatic nitrogens is 1. The molecule has 0 saturated heterocycles. The number of pyridine rings is 1. The standard InChI is InChI=1S/C16H20N2O/c1-4-14(13-7-5-6-8-16(13)19-3)18-15-11-17-10-9-12(15)2/h5-11,14,18H,4H2,1-3H3. The lowest BCUT2D eigenvalue weighted by molar-refractivity contribution is 0.406. The van der Waals surface area contributed by atoms with Crippen LogP contribution in [0.25, 0.3) is 0 Å². The summed E-state index contributed by atoms with van der Waals surface area (Å²) in [5, 5.41) is 3.55. The summed E-state index contributed by atoms with van der Waals surface area (Å²) >= 11 is 0. The average molecular weight is 256 g/mol. The van der Waals surface area contributed by atoms with Crippen LogP contribution < -0.4 is 10.1 Å². The van der Waals surface area contributed by atoms with Crippen molar-refractivity contribution < 1.29 is 4.74 Å². The second kappa shape index (κ2) is 6.23. The molecule has 2 rings (SSSR count). The van der Waals surface area contributed by atoms with E-state index in [1.165, 1.54) is 11.1 Å². The van der Waals surface area contributed by atoms with E-state index in [4.69, 9.17) is 4.74 Å². The Kier molecular flexibility index (Phi) is 4.39.